The largest absolute Gasteiger partial charge is 0.259 e. The monoisotopic (exact) mass is 502 g/mol. The van der Waals surface area contributed by atoms with Crippen LogP contribution in [0.4, 0.5) is 11.6 Å². The maximum absolute atomic E-state index is 6.17. The Labute approximate surface area is 203 Å². The molecule has 4 aromatic rings. The number of fused-ring (bicyclic) bond motifs is 1. The van der Waals surface area contributed by atoms with E-state index in [-0.39, 0.29) is 0 Å². The summed E-state index contributed by atoms with van der Waals surface area (Å²) in [5, 5.41) is 20.6. The van der Waals surface area contributed by atoms with Crippen LogP contribution in [0.5, 0.6) is 0 Å². The molecule has 0 spiro atoms. The quantitative estimate of drug-likeness (QED) is 0.216. The highest BCUT2D eigenvalue weighted by Gasteiger charge is 2.08. The molecule has 0 aliphatic rings. The Bertz CT molecular complexity index is 1240. The van der Waals surface area contributed by atoms with Gasteiger partial charge in [-0.2, -0.15) is 10.2 Å². The highest BCUT2D eigenvalue weighted by Crippen LogP contribution is 2.26. The van der Waals surface area contributed by atoms with Gasteiger partial charge in [0.1, 0.15) is 0 Å². The standard InChI is InChI=1S/C22H14Cl4N6/c23-15-7-5-13(19(25)9-15)11-27-29-21-17-3-1-2-4-18(17)22(32-31-21)30-28-12-14-6-8-16(24)10-20(14)26/h1-12H,(H,29,31)(H,30,32)/b27-11-,28-12+. The molecule has 6 nitrogen and oxygen atoms in total. The number of hydrogen-bond donors (Lipinski definition) is 2. The van der Waals surface area contributed by atoms with Crippen molar-refractivity contribution in [2.75, 3.05) is 10.9 Å². The second-order valence-corrected chi connectivity index (χ2v) is 8.20. The van der Waals surface area contributed by atoms with E-state index in [0.29, 0.717) is 42.9 Å². The number of anilines is 2. The number of hydrazone groups is 2. The first-order chi connectivity index (χ1) is 15.5. The van der Waals surface area contributed by atoms with E-state index in [1.165, 1.54) is 0 Å². The zero-order valence-electron chi connectivity index (χ0n) is 16.2. The van der Waals surface area contributed by atoms with Crippen LogP contribution in [0.3, 0.4) is 0 Å². The molecule has 0 fully saturated rings. The summed E-state index contributed by atoms with van der Waals surface area (Å²) in [5.74, 6) is 0.967. The molecule has 0 aliphatic heterocycles. The number of rotatable bonds is 6. The van der Waals surface area contributed by atoms with E-state index in [1.807, 2.05) is 24.3 Å². The van der Waals surface area contributed by atoms with Crippen molar-refractivity contribution in [3.8, 4) is 0 Å². The minimum absolute atomic E-state index is 0.484. The smallest absolute Gasteiger partial charge is 0.176 e. The van der Waals surface area contributed by atoms with E-state index in [0.717, 1.165) is 10.8 Å². The van der Waals surface area contributed by atoms with Crippen molar-refractivity contribution in [2.24, 2.45) is 10.2 Å². The van der Waals surface area contributed by atoms with E-state index in [9.17, 15) is 0 Å². The summed E-state index contributed by atoms with van der Waals surface area (Å²) in [6, 6.07) is 17.9. The first-order valence-corrected chi connectivity index (χ1v) is 10.8. The van der Waals surface area contributed by atoms with Crippen molar-refractivity contribution >= 4 is 81.2 Å². The van der Waals surface area contributed by atoms with Crippen molar-refractivity contribution in [3.63, 3.8) is 0 Å². The fourth-order valence-electron chi connectivity index (χ4n) is 2.81. The van der Waals surface area contributed by atoms with Crippen LogP contribution in [0.1, 0.15) is 11.1 Å². The summed E-state index contributed by atoms with van der Waals surface area (Å²) in [5.41, 5.74) is 7.25. The van der Waals surface area contributed by atoms with Crippen molar-refractivity contribution in [3.05, 3.63) is 91.9 Å². The number of nitrogens with zero attached hydrogens (tertiary/aromatic N) is 4. The van der Waals surface area contributed by atoms with Crippen LogP contribution in [0.2, 0.25) is 20.1 Å². The second kappa shape index (κ2) is 10.1. The molecule has 0 amide bonds. The molecule has 10 heteroatoms. The molecule has 4 rings (SSSR count). The molecule has 0 atom stereocenters. The van der Waals surface area contributed by atoms with E-state index >= 15 is 0 Å². The van der Waals surface area contributed by atoms with Gasteiger partial charge < -0.3 is 0 Å². The van der Waals surface area contributed by atoms with Crippen LogP contribution in [0.15, 0.2) is 70.9 Å². The lowest BCUT2D eigenvalue weighted by Crippen LogP contribution is -2.01. The summed E-state index contributed by atoms with van der Waals surface area (Å²) >= 11 is 24.2. The summed E-state index contributed by atoms with van der Waals surface area (Å²) in [4.78, 5) is 0. The van der Waals surface area contributed by atoms with E-state index in [2.05, 4.69) is 31.3 Å². The Hall–Kier alpha value is -2.90. The van der Waals surface area contributed by atoms with Crippen LogP contribution in [-0.4, -0.2) is 22.6 Å². The molecule has 2 N–H and O–H groups in total. The van der Waals surface area contributed by atoms with Gasteiger partial charge in [-0.1, -0.05) is 82.8 Å². The number of benzene rings is 3. The van der Waals surface area contributed by atoms with Crippen molar-refractivity contribution in [2.45, 2.75) is 0 Å². The van der Waals surface area contributed by atoms with Gasteiger partial charge in [-0.15, -0.1) is 10.2 Å². The van der Waals surface area contributed by atoms with Crippen molar-refractivity contribution in [1.82, 2.24) is 10.2 Å². The zero-order valence-corrected chi connectivity index (χ0v) is 19.3. The molecule has 160 valence electrons. The lowest BCUT2D eigenvalue weighted by Gasteiger charge is -2.08. The van der Waals surface area contributed by atoms with Gasteiger partial charge in [0.2, 0.25) is 0 Å². The van der Waals surface area contributed by atoms with Gasteiger partial charge >= 0.3 is 0 Å². The molecule has 1 heterocycles. The van der Waals surface area contributed by atoms with Gasteiger partial charge in [-0.3, -0.25) is 10.9 Å². The van der Waals surface area contributed by atoms with Crippen molar-refractivity contribution < 1.29 is 0 Å². The van der Waals surface area contributed by atoms with Gasteiger partial charge in [-0.25, -0.2) is 0 Å². The Morgan fingerprint density at radius 3 is 1.47 bits per heavy atom. The first kappa shape index (κ1) is 22.3. The number of halogens is 4. The normalized spacial score (nSPS) is 11.5. The average molecular weight is 504 g/mol. The van der Waals surface area contributed by atoms with Crippen LogP contribution < -0.4 is 10.9 Å². The molecular formula is C22H14Cl4N6. The molecule has 0 saturated heterocycles. The summed E-state index contributed by atoms with van der Waals surface area (Å²) in [6.07, 6.45) is 3.17. The number of hydrogen-bond acceptors (Lipinski definition) is 6. The molecule has 3 aromatic carbocycles. The summed E-state index contributed by atoms with van der Waals surface area (Å²) in [6.45, 7) is 0. The molecule has 1 aromatic heterocycles. The Balaban J connectivity index is 1.54. The maximum Gasteiger partial charge on any atom is 0.176 e. The minimum atomic E-state index is 0.484. The van der Waals surface area contributed by atoms with Crippen LogP contribution in [0, 0.1) is 0 Å². The predicted molar refractivity (Wildman–Crippen MR) is 135 cm³/mol. The lowest BCUT2D eigenvalue weighted by atomic mass is 10.2. The Kier molecular flexibility index (Phi) is 7.07. The average Bonchev–Trinajstić information content (AvgIpc) is 2.77. The molecule has 0 unspecified atom stereocenters. The molecular weight excluding hydrogens is 490 g/mol. The zero-order chi connectivity index (χ0) is 22.5. The fourth-order valence-corrected chi connectivity index (χ4v) is 3.72. The van der Waals surface area contributed by atoms with Gasteiger partial charge in [0, 0.05) is 31.9 Å². The van der Waals surface area contributed by atoms with Crippen LogP contribution in [0.25, 0.3) is 10.8 Å². The third kappa shape index (κ3) is 5.29. The van der Waals surface area contributed by atoms with Gasteiger partial charge in [0.15, 0.2) is 11.6 Å². The van der Waals surface area contributed by atoms with Crippen LogP contribution >= 0.6 is 46.4 Å². The Morgan fingerprint density at radius 1 is 0.625 bits per heavy atom. The minimum Gasteiger partial charge on any atom is -0.259 e. The molecule has 32 heavy (non-hydrogen) atoms. The topological polar surface area (TPSA) is 74.6 Å². The lowest BCUT2D eigenvalue weighted by molar-refractivity contribution is 1.03. The van der Waals surface area contributed by atoms with Crippen LogP contribution in [-0.2, 0) is 0 Å². The van der Waals surface area contributed by atoms with Gasteiger partial charge in [0.05, 0.1) is 22.5 Å². The Morgan fingerprint density at radius 2 is 1.06 bits per heavy atom. The van der Waals surface area contributed by atoms with Crippen molar-refractivity contribution in [1.29, 1.82) is 0 Å². The SMILES string of the molecule is Clc1ccc(/C=N\Nc2nnc(N/N=C/c3ccc(Cl)cc3Cl)c3ccccc23)c(Cl)c1. The highest BCUT2D eigenvalue weighted by atomic mass is 35.5. The third-order valence-electron chi connectivity index (χ3n) is 4.36. The predicted octanol–water partition coefficient (Wildman–Crippen LogP) is 7.14. The number of nitrogens with one attached hydrogen (secondary N) is 2. The van der Waals surface area contributed by atoms with Gasteiger partial charge in [-0.05, 0) is 24.3 Å². The van der Waals surface area contributed by atoms with E-state index in [4.69, 9.17) is 46.4 Å². The highest BCUT2D eigenvalue weighted by molar-refractivity contribution is 6.36. The van der Waals surface area contributed by atoms with E-state index < -0.39 is 0 Å². The van der Waals surface area contributed by atoms with E-state index in [1.54, 1.807) is 48.8 Å². The molecule has 0 aliphatic carbocycles. The summed E-state index contributed by atoms with van der Waals surface area (Å²) in [7, 11) is 0. The summed E-state index contributed by atoms with van der Waals surface area (Å²) < 4.78 is 0. The maximum atomic E-state index is 6.17. The molecule has 0 radical (unpaired) electrons. The number of aromatic nitrogens is 2. The molecule has 0 saturated carbocycles. The molecule has 0 bridgehead atoms. The first-order valence-electron chi connectivity index (χ1n) is 9.25. The second-order valence-electron chi connectivity index (χ2n) is 6.51. The van der Waals surface area contributed by atoms with Gasteiger partial charge in [0.25, 0.3) is 0 Å². The third-order valence-corrected chi connectivity index (χ3v) is 5.49. The fraction of sp³-hybridized carbons (Fsp3) is 0.